The highest BCUT2D eigenvalue weighted by molar-refractivity contribution is 7.10. The minimum absolute atomic E-state index is 0.254. The summed E-state index contributed by atoms with van der Waals surface area (Å²) in [5.41, 5.74) is 8.51. The predicted octanol–water partition coefficient (Wildman–Crippen LogP) is 3.96. The Hall–Kier alpha value is -1.55. The molecule has 3 N–H and O–H groups in total. The number of anilines is 2. The molecule has 18 heavy (non-hydrogen) atoms. The van der Waals surface area contributed by atoms with Crippen LogP contribution in [-0.4, -0.2) is 0 Å². The van der Waals surface area contributed by atoms with Crippen molar-refractivity contribution in [3.8, 4) is 0 Å². The number of halogens is 1. The lowest BCUT2D eigenvalue weighted by atomic mass is 9.94. The van der Waals surface area contributed by atoms with Crippen LogP contribution in [0, 0.1) is 5.82 Å². The third-order valence-electron chi connectivity index (χ3n) is 3.40. The van der Waals surface area contributed by atoms with Gasteiger partial charge in [-0.2, -0.15) is 0 Å². The van der Waals surface area contributed by atoms with Crippen LogP contribution < -0.4 is 11.1 Å². The molecule has 1 aliphatic carbocycles. The van der Waals surface area contributed by atoms with E-state index in [1.54, 1.807) is 17.4 Å². The van der Waals surface area contributed by atoms with Crippen molar-refractivity contribution in [1.29, 1.82) is 0 Å². The molecule has 1 atom stereocenters. The summed E-state index contributed by atoms with van der Waals surface area (Å²) in [5.74, 6) is -0.256. The Labute approximate surface area is 110 Å². The van der Waals surface area contributed by atoms with Gasteiger partial charge < -0.3 is 11.1 Å². The largest absolute Gasteiger partial charge is 0.397 e. The molecule has 0 radical (unpaired) electrons. The number of rotatable bonds is 2. The third-order valence-corrected chi connectivity index (χ3v) is 4.39. The molecule has 2 nitrogen and oxygen atoms in total. The number of fused-ring (bicyclic) bond motifs is 1. The topological polar surface area (TPSA) is 38.0 Å². The number of nitrogens with one attached hydrogen (secondary N) is 1. The number of thiophene rings is 1. The molecule has 0 saturated carbocycles. The molecule has 0 amide bonds. The van der Waals surface area contributed by atoms with Crippen LogP contribution >= 0.6 is 11.3 Å². The first-order valence-corrected chi connectivity index (χ1v) is 7.00. The highest BCUT2D eigenvalue weighted by atomic mass is 32.1. The highest BCUT2D eigenvalue weighted by Gasteiger charge is 2.21. The minimum atomic E-state index is -0.256. The van der Waals surface area contributed by atoms with Gasteiger partial charge in [-0.15, -0.1) is 11.3 Å². The van der Waals surface area contributed by atoms with Gasteiger partial charge in [0.05, 0.1) is 17.4 Å². The van der Waals surface area contributed by atoms with Gasteiger partial charge in [0.25, 0.3) is 0 Å². The molecule has 2 aromatic rings. The van der Waals surface area contributed by atoms with Crippen molar-refractivity contribution in [3.05, 3.63) is 45.9 Å². The summed E-state index contributed by atoms with van der Waals surface area (Å²) in [6.45, 7) is 0. The number of hydrogen-bond donors (Lipinski definition) is 2. The summed E-state index contributed by atoms with van der Waals surface area (Å²) in [5, 5.41) is 5.50. The molecule has 1 heterocycles. The first-order chi connectivity index (χ1) is 8.74. The van der Waals surface area contributed by atoms with E-state index in [0.29, 0.717) is 11.4 Å². The molecule has 1 unspecified atom stereocenters. The number of nitrogen functional groups attached to an aromatic ring is 1. The zero-order valence-electron chi connectivity index (χ0n) is 9.95. The predicted molar refractivity (Wildman–Crippen MR) is 74.4 cm³/mol. The van der Waals surface area contributed by atoms with E-state index in [1.807, 2.05) is 0 Å². The van der Waals surface area contributed by atoms with Crippen molar-refractivity contribution in [2.45, 2.75) is 25.3 Å². The van der Waals surface area contributed by atoms with Crippen LogP contribution in [0.4, 0.5) is 15.8 Å². The van der Waals surface area contributed by atoms with Gasteiger partial charge in [-0.1, -0.05) is 0 Å². The Morgan fingerprint density at radius 1 is 1.33 bits per heavy atom. The molecular formula is C14H15FN2S. The molecule has 1 aliphatic rings. The SMILES string of the molecule is Nc1ccc(F)cc1NC1CCCc2sccc21. The highest BCUT2D eigenvalue weighted by Crippen LogP contribution is 2.36. The van der Waals surface area contributed by atoms with E-state index in [4.69, 9.17) is 5.73 Å². The molecule has 1 aromatic heterocycles. The summed E-state index contributed by atoms with van der Waals surface area (Å²) in [6, 6.07) is 6.87. The van der Waals surface area contributed by atoms with Gasteiger partial charge in [0.15, 0.2) is 0 Å². The fourth-order valence-corrected chi connectivity index (χ4v) is 3.47. The second kappa shape index (κ2) is 4.61. The minimum Gasteiger partial charge on any atom is -0.397 e. The Balaban J connectivity index is 1.88. The molecule has 94 valence electrons. The summed E-state index contributed by atoms with van der Waals surface area (Å²) in [7, 11) is 0. The van der Waals surface area contributed by atoms with Gasteiger partial charge in [-0.05, 0) is 54.5 Å². The Bertz CT molecular complexity index is 565. The number of aryl methyl sites for hydroxylation is 1. The summed E-state index contributed by atoms with van der Waals surface area (Å²) in [6.07, 6.45) is 3.39. The Kier molecular flexibility index (Phi) is 2.96. The van der Waals surface area contributed by atoms with Crippen LogP contribution in [0.15, 0.2) is 29.6 Å². The summed E-state index contributed by atoms with van der Waals surface area (Å²) < 4.78 is 13.2. The number of benzene rings is 1. The molecular weight excluding hydrogens is 247 g/mol. The van der Waals surface area contributed by atoms with E-state index >= 15 is 0 Å². The molecule has 4 heteroatoms. The fraction of sp³-hybridized carbons (Fsp3) is 0.286. The summed E-state index contributed by atoms with van der Waals surface area (Å²) >= 11 is 1.80. The lowest BCUT2D eigenvalue weighted by molar-refractivity contribution is 0.605. The fourth-order valence-electron chi connectivity index (χ4n) is 2.48. The van der Waals surface area contributed by atoms with Crippen molar-refractivity contribution < 1.29 is 4.39 Å². The van der Waals surface area contributed by atoms with E-state index in [0.717, 1.165) is 12.8 Å². The number of hydrogen-bond acceptors (Lipinski definition) is 3. The standard InChI is InChI=1S/C14H15FN2S/c15-9-4-5-11(16)13(8-9)17-12-2-1-3-14-10(12)6-7-18-14/h4-8,12,17H,1-3,16H2. The maximum absolute atomic E-state index is 13.2. The van der Waals surface area contributed by atoms with Crippen LogP contribution in [0.2, 0.25) is 0 Å². The van der Waals surface area contributed by atoms with E-state index in [1.165, 1.54) is 29.0 Å². The van der Waals surface area contributed by atoms with Crippen molar-refractivity contribution in [3.63, 3.8) is 0 Å². The lowest BCUT2D eigenvalue weighted by Gasteiger charge is -2.25. The zero-order valence-corrected chi connectivity index (χ0v) is 10.8. The third kappa shape index (κ3) is 2.08. The van der Waals surface area contributed by atoms with E-state index in [9.17, 15) is 4.39 Å². The average Bonchev–Trinajstić information content (AvgIpc) is 2.83. The summed E-state index contributed by atoms with van der Waals surface area (Å²) in [4.78, 5) is 1.44. The maximum Gasteiger partial charge on any atom is 0.125 e. The lowest BCUT2D eigenvalue weighted by Crippen LogP contribution is -2.16. The molecule has 0 aliphatic heterocycles. The smallest absolute Gasteiger partial charge is 0.125 e. The molecule has 0 spiro atoms. The van der Waals surface area contributed by atoms with Crippen LogP contribution in [0.5, 0.6) is 0 Å². The van der Waals surface area contributed by atoms with Crippen molar-refractivity contribution in [2.24, 2.45) is 0 Å². The van der Waals surface area contributed by atoms with Crippen molar-refractivity contribution in [2.75, 3.05) is 11.1 Å². The van der Waals surface area contributed by atoms with Crippen molar-refractivity contribution in [1.82, 2.24) is 0 Å². The Morgan fingerprint density at radius 2 is 2.22 bits per heavy atom. The van der Waals surface area contributed by atoms with Crippen LogP contribution in [0.25, 0.3) is 0 Å². The van der Waals surface area contributed by atoms with Gasteiger partial charge in [-0.25, -0.2) is 4.39 Å². The molecule has 0 bridgehead atoms. The molecule has 3 rings (SSSR count). The number of nitrogens with two attached hydrogens (primary N) is 1. The molecule has 1 aromatic carbocycles. The van der Waals surface area contributed by atoms with Gasteiger partial charge in [0.1, 0.15) is 5.82 Å². The first kappa shape index (κ1) is 11.5. The van der Waals surface area contributed by atoms with Crippen molar-refractivity contribution >= 4 is 22.7 Å². The second-order valence-corrected chi connectivity index (χ2v) is 5.62. The second-order valence-electron chi connectivity index (χ2n) is 4.62. The van der Waals surface area contributed by atoms with E-state index < -0.39 is 0 Å². The van der Waals surface area contributed by atoms with Crippen LogP contribution in [0.3, 0.4) is 0 Å². The van der Waals surface area contributed by atoms with Crippen LogP contribution in [0.1, 0.15) is 29.3 Å². The van der Waals surface area contributed by atoms with Gasteiger partial charge in [0, 0.05) is 4.88 Å². The van der Waals surface area contributed by atoms with Crippen LogP contribution in [-0.2, 0) is 6.42 Å². The van der Waals surface area contributed by atoms with Gasteiger partial charge >= 0.3 is 0 Å². The first-order valence-electron chi connectivity index (χ1n) is 6.12. The maximum atomic E-state index is 13.2. The van der Waals surface area contributed by atoms with E-state index in [-0.39, 0.29) is 11.9 Å². The quantitative estimate of drug-likeness (QED) is 0.804. The molecule has 0 fully saturated rings. The monoisotopic (exact) mass is 262 g/mol. The average molecular weight is 262 g/mol. The van der Waals surface area contributed by atoms with Gasteiger partial charge in [0.2, 0.25) is 0 Å². The Morgan fingerprint density at radius 3 is 3.11 bits per heavy atom. The zero-order chi connectivity index (χ0) is 12.5. The van der Waals surface area contributed by atoms with E-state index in [2.05, 4.69) is 16.8 Å². The van der Waals surface area contributed by atoms with Gasteiger partial charge in [-0.3, -0.25) is 0 Å². The normalized spacial score (nSPS) is 18.4. The molecule has 0 saturated heterocycles.